The van der Waals surface area contributed by atoms with Gasteiger partial charge < -0.3 is 5.73 Å². The molecule has 0 saturated heterocycles. The van der Waals surface area contributed by atoms with Crippen molar-refractivity contribution in [2.24, 2.45) is 5.73 Å². The summed E-state index contributed by atoms with van der Waals surface area (Å²) in [7, 11) is 0. The molecule has 0 aliphatic heterocycles. The van der Waals surface area contributed by atoms with Gasteiger partial charge in [-0.25, -0.2) is 4.39 Å². The highest BCUT2D eigenvalue weighted by Crippen LogP contribution is 2.12. The molecule has 0 aliphatic carbocycles. The van der Waals surface area contributed by atoms with Crippen molar-refractivity contribution in [1.29, 1.82) is 0 Å². The molecular weight excluding hydrogens is 165 g/mol. The summed E-state index contributed by atoms with van der Waals surface area (Å²) in [6, 6.07) is 4.60. The van der Waals surface area contributed by atoms with Gasteiger partial charge in [0.25, 0.3) is 0 Å². The number of benzene rings is 1. The predicted octanol–water partition coefficient (Wildman–Crippen LogP) is 2.62. The molecule has 0 aromatic heterocycles. The zero-order valence-electron chi connectivity index (χ0n) is 7.55. The molecule has 0 atom stereocenters. The average molecular weight is 177 g/mol. The minimum Gasteiger partial charge on any atom is -0.399 e. The lowest BCUT2D eigenvalue weighted by molar-refractivity contribution is 0.627. The summed E-state index contributed by atoms with van der Waals surface area (Å²) in [4.78, 5) is 0. The van der Waals surface area contributed by atoms with Crippen molar-refractivity contribution in [2.75, 3.05) is 0 Å². The van der Waals surface area contributed by atoms with Crippen LogP contribution in [0.1, 0.15) is 11.1 Å². The molecule has 2 N–H and O–H groups in total. The van der Waals surface area contributed by atoms with Gasteiger partial charge in [-0.1, -0.05) is 12.6 Å². The van der Waals surface area contributed by atoms with Crippen LogP contribution in [-0.2, 0) is 0 Å². The maximum atomic E-state index is 12.8. The third-order valence-electron chi connectivity index (χ3n) is 1.80. The van der Waals surface area contributed by atoms with Gasteiger partial charge in [-0.15, -0.1) is 0 Å². The third kappa shape index (κ3) is 2.44. The molecule has 68 valence electrons. The van der Waals surface area contributed by atoms with Crippen LogP contribution in [0.5, 0.6) is 0 Å². The maximum Gasteiger partial charge on any atom is 0.123 e. The summed E-state index contributed by atoms with van der Waals surface area (Å²) >= 11 is 0. The predicted molar refractivity (Wildman–Crippen MR) is 53.5 cm³/mol. The van der Waals surface area contributed by atoms with E-state index in [2.05, 4.69) is 6.58 Å². The van der Waals surface area contributed by atoms with Gasteiger partial charge >= 0.3 is 0 Å². The first-order valence-electron chi connectivity index (χ1n) is 3.99. The molecule has 0 unspecified atom stereocenters. The van der Waals surface area contributed by atoms with Gasteiger partial charge in [0.05, 0.1) is 0 Å². The van der Waals surface area contributed by atoms with E-state index in [1.165, 1.54) is 18.2 Å². The molecule has 13 heavy (non-hydrogen) atoms. The van der Waals surface area contributed by atoms with E-state index in [4.69, 9.17) is 5.73 Å². The summed E-state index contributed by atoms with van der Waals surface area (Å²) in [6.07, 6.45) is 3.23. The van der Waals surface area contributed by atoms with Crippen molar-refractivity contribution in [3.8, 4) is 0 Å². The van der Waals surface area contributed by atoms with Crippen LogP contribution in [0.25, 0.3) is 6.08 Å². The van der Waals surface area contributed by atoms with Gasteiger partial charge in [-0.2, -0.15) is 0 Å². The average Bonchev–Trinajstić information content (AvgIpc) is 2.11. The summed E-state index contributed by atoms with van der Waals surface area (Å²) in [5, 5.41) is 0. The van der Waals surface area contributed by atoms with Crippen LogP contribution in [-0.4, -0.2) is 0 Å². The highest BCUT2D eigenvalue weighted by Gasteiger charge is 1.97. The molecule has 0 fully saturated rings. The molecule has 1 aromatic carbocycles. The Hall–Kier alpha value is -1.57. The fourth-order valence-corrected chi connectivity index (χ4v) is 1.01. The summed E-state index contributed by atoms with van der Waals surface area (Å²) < 4.78 is 12.8. The molecular formula is C11H12FN. The van der Waals surface area contributed by atoms with E-state index in [-0.39, 0.29) is 5.82 Å². The Morgan fingerprint density at radius 2 is 2.23 bits per heavy atom. The second-order valence-electron chi connectivity index (χ2n) is 2.85. The van der Waals surface area contributed by atoms with E-state index in [0.29, 0.717) is 5.70 Å². The molecule has 1 aromatic rings. The van der Waals surface area contributed by atoms with Crippen LogP contribution in [0.3, 0.4) is 0 Å². The quantitative estimate of drug-likeness (QED) is 0.690. The van der Waals surface area contributed by atoms with Crippen molar-refractivity contribution in [3.05, 3.63) is 53.5 Å². The van der Waals surface area contributed by atoms with Crippen LogP contribution in [0.2, 0.25) is 0 Å². The standard InChI is InChI=1S/C11H12FN/c1-3-11(13)7-9-6-10(12)5-4-8(9)2/h3-7H,1,13H2,2H3/b11-7-. The molecule has 0 saturated carbocycles. The number of hydrogen-bond acceptors (Lipinski definition) is 1. The van der Waals surface area contributed by atoms with E-state index in [1.807, 2.05) is 6.92 Å². The van der Waals surface area contributed by atoms with E-state index < -0.39 is 0 Å². The lowest BCUT2D eigenvalue weighted by Gasteiger charge is -2.00. The maximum absolute atomic E-state index is 12.8. The fraction of sp³-hybridized carbons (Fsp3) is 0.0909. The van der Waals surface area contributed by atoms with Crippen molar-refractivity contribution < 1.29 is 4.39 Å². The van der Waals surface area contributed by atoms with Gasteiger partial charge in [0.15, 0.2) is 0 Å². The monoisotopic (exact) mass is 177 g/mol. The number of rotatable bonds is 2. The van der Waals surface area contributed by atoms with Crippen molar-refractivity contribution >= 4 is 6.08 Å². The summed E-state index contributed by atoms with van der Waals surface area (Å²) in [6.45, 7) is 5.43. The van der Waals surface area contributed by atoms with Gasteiger partial charge in [0, 0.05) is 5.70 Å². The highest BCUT2D eigenvalue weighted by atomic mass is 19.1. The van der Waals surface area contributed by atoms with Crippen LogP contribution in [0.4, 0.5) is 4.39 Å². The molecule has 0 spiro atoms. The first kappa shape index (κ1) is 9.52. The van der Waals surface area contributed by atoms with Crippen LogP contribution < -0.4 is 5.73 Å². The highest BCUT2D eigenvalue weighted by molar-refractivity contribution is 5.57. The number of aryl methyl sites for hydroxylation is 1. The van der Waals surface area contributed by atoms with Crippen molar-refractivity contribution in [3.63, 3.8) is 0 Å². The smallest absolute Gasteiger partial charge is 0.123 e. The summed E-state index contributed by atoms with van der Waals surface area (Å²) in [5.74, 6) is -0.256. The zero-order chi connectivity index (χ0) is 9.84. The number of nitrogens with two attached hydrogens (primary N) is 1. The van der Waals surface area contributed by atoms with E-state index in [9.17, 15) is 4.39 Å². The van der Waals surface area contributed by atoms with Crippen LogP contribution in [0.15, 0.2) is 36.6 Å². The van der Waals surface area contributed by atoms with E-state index in [0.717, 1.165) is 11.1 Å². The Balaban J connectivity index is 3.13. The van der Waals surface area contributed by atoms with Crippen LogP contribution >= 0.6 is 0 Å². The third-order valence-corrected chi connectivity index (χ3v) is 1.80. The molecule has 0 aliphatic rings. The van der Waals surface area contributed by atoms with E-state index in [1.54, 1.807) is 12.1 Å². The molecule has 0 radical (unpaired) electrons. The second-order valence-corrected chi connectivity index (χ2v) is 2.85. The van der Waals surface area contributed by atoms with Crippen molar-refractivity contribution in [2.45, 2.75) is 6.92 Å². The SMILES string of the molecule is C=C/C(N)=C/c1cc(F)ccc1C. The number of halogens is 1. The largest absolute Gasteiger partial charge is 0.399 e. The number of hydrogen-bond donors (Lipinski definition) is 1. The Morgan fingerprint density at radius 3 is 2.85 bits per heavy atom. The normalized spacial score (nSPS) is 11.4. The fourth-order valence-electron chi connectivity index (χ4n) is 1.01. The Labute approximate surface area is 77.4 Å². The van der Waals surface area contributed by atoms with Crippen LogP contribution in [0, 0.1) is 12.7 Å². The minimum atomic E-state index is -0.256. The Kier molecular flexibility index (Phi) is 2.85. The Bertz CT molecular complexity index is 353. The molecule has 2 heteroatoms. The Morgan fingerprint density at radius 1 is 1.54 bits per heavy atom. The molecule has 1 nitrogen and oxygen atoms in total. The van der Waals surface area contributed by atoms with Crippen molar-refractivity contribution in [1.82, 2.24) is 0 Å². The summed E-state index contributed by atoms with van der Waals surface area (Å²) in [5.41, 5.74) is 7.86. The first-order chi connectivity index (χ1) is 6.13. The molecule has 0 heterocycles. The lowest BCUT2D eigenvalue weighted by atomic mass is 10.1. The second kappa shape index (κ2) is 3.90. The van der Waals surface area contributed by atoms with Gasteiger partial charge in [0.1, 0.15) is 5.82 Å². The zero-order valence-corrected chi connectivity index (χ0v) is 7.55. The molecule has 0 bridgehead atoms. The first-order valence-corrected chi connectivity index (χ1v) is 3.99. The van der Waals surface area contributed by atoms with E-state index >= 15 is 0 Å². The molecule has 0 amide bonds. The minimum absolute atomic E-state index is 0.256. The topological polar surface area (TPSA) is 26.0 Å². The van der Waals surface area contributed by atoms with Gasteiger partial charge in [0.2, 0.25) is 0 Å². The lowest BCUT2D eigenvalue weighted by Crippen LogP contribution is -1.93. The molecule has 1 rings (SSSR count). The van der Waals surface area contributed by atoms with Gasteiger partial charge in [-0.05, 0) is 42.3 Å². The van der Waals surface area contributed by atoms with Gasteiger partial charge in [-0.3, -0.25) is 0 Å². The number of allylic oxidation sites excluding steroid dienone is 1.